The van der Waals surface area contributed by atoms with Gasteiger partial charge in [-0.2, -0.15) is 0 Å². The third-order valence-corrected chi connectivity index (χ3v) is 4.88. The van der Waals surface area contributed by atoms with E-state index < -0.39 is 0 Å². The largest absolute Gasteiger partial charge is 0.392 e. The molecule has 0 bridgehead atoms. The maximum atomic E-state index is 9.94. The molecule has 2 fully saturated rings. The number of hydrogen-bond acceptors (Lipinski definition) is 2. The summed E-state index contributed by atoms with van der Waals surface area (Å²) in [5.41, 5.74) is 0.553. The lowest BCUT2D eigenvalue weighted by atomic mass is 9.82. The smallest absolute Gasteiger partial charge is 0.0693 e. The fourth-order valence-electron chi connectivity index (χ4n) is 3.48. The predicted molar refractivity (Wildman–Crippen MR) is 67.5 cm³/mol. The van der Waals surface area contributed by atoms with Gasteiger partial charge in [-0.15, -0.1) is 0 Å². The van der Waals surface area contributed by atoms with E-state index in [-0.39, 0.29) is 6.10 Å². The van der Waals surface area contributed by atoms with E-state index in [0.717, 1.165) is 13.0 Å². The highest BCUT2D eigenvalue weighted by molar-refractivity contribution is 4.89. The zero-order valence-electron chi connectivity index (χ0n) is 10.7. The molecule has 2 N–H and O–H groups in total. The van der Waals surface area contributed by atoms with E-state index >= 15 is 0 Å². The van der Waals surface area contributed by atoms with E-state index in [4.69, 9.17) is 0 Å². The summed E-state index contributed by atoms with van der Waals surface area (Å²) >= 11 is 0. The molecule has 2 atom stereocenters. The summed E-state index contributed by atoms with van der Waals surface area (Å²) < 4.78 is 0. The molecule has 0 aliphatic heterocycles. The van der Waals surface area contributed by atoms with Crippen LogP contribution in [0.3, 0.4) is 0 Å². The van der Waals surface area contributed by atoms with E-state index in [9.17, 15) is 5.11 Å². The van der Waals surface area contributed by atoms with Gasteiger partial charge in [0.2, 0.25) is 0 Å². The number of aliphatic hydroxyl groups is 1. The number of aliphatic hydroxyl groups excluding tert-OH is 1. The van der Waals surface area contributed by atoms with Crippen LogP contribution in [-0.2, 0) is 0 Å². The van der Waals surface area contributed by atoms with Gasteiger partial charge in [-0.05, 0) is 37.5 Å². The first-order valence-electron chi connectivity index (χ1n) is 7.17. The quantitative estimate of drug-likeness (QED) is 0.771. The Hall–Kier alpha value is -0.0800. The summed E-state index contributed by atoms with van der Waals surface area (Å²) in [7, 11) is 0. The fraction of sp³-hybridized carbons (Fsp3) is 1.00. The molecule has 0 heterocycles. The Labute approximate surface area is 99.8 Å². The normalized spacial score (nSPS) is 34.1. The molecule has 94 valence electrons. The van der Waals surface area contributed by atoms with Crippen LogP contribution in [0, 0.1) is 5.41 Å². The Morgan fingerprint density at radius 1 is 1.12 bits per heavy atom. The Balaban J connectivity index is 1.80. The van der Waals surface area contributed by atoms with Gasteiger partial charge in [0.15, 0.2) is 0 Å². The summed E-state index contributed by atoms with van der Waals surface area (Å²) in [4.78, 5) is 0. The molecule has 2 saturated carbocycles. The molecule has 2 nitrogen and oxygen atoms in total. The minimum absolute atomic E-state index is 0.0935. The van der Waals surface area contributed by atoms with Crippen molar-refractivity contribution in [3.8, 4) is 0 Å². The molecule has 0 radical (unpaired) electrons. The van der Waals surface area contributed by atoms with Crippen molar-refractivity contribution >= 4 is 0 Å². The highest BCUT2D eigenvalue weighted by Crippen LogP contribution is 2.40. The summed E-state index contributed by atoms with van der Waals surface area (Å²) in [6.07, 6.45) is 11.4. The van der Waals surface area contributed by atoms with E-state index in [0.29, 0.717) is 11.5 Å². The third kappa shape index (κ3) is 2.78. The molecule has 2 rings (SSSR count). The zero-order valence-corrected chi connectivity index (χ0v) is 10.7. The number of hydrogen-bond donors (Lipinski definition) is 2. The average molecular weight is 225 g/mol. The van der Waals surface area contributed by atoms with Crippen molar-refractivity contribution in [2.75, 3.05) is 6.54 Å². The van der Waals surface area contributed by atoms with Gasteiger partial charge in [-0.1, -0.05) is 32.6 Å². The molecule has 0 spiro atoms. The fourth-order valence-corrected chi connectivity index (χ4v) is 3.48. The topological polar surface area (TPSA) is 32.3 Å². The zero-order chi connectivity index (χ0) is 11.4. The van der Waals surface area contributed by atoms with Crippen molar-refractivity contribution in [1.82, 2.24) is 5.32 Å². The van der Waals surface area contributed by atoms with Crippen LogP contribution in [0.25, 0.3) is 0 Å². The maximum Gasteiger partial charge on any atom is 0.0693 e. The number of nitrogens with one attached hydrogen (secondary N) is 1. The predicted octanol–water partition coefficient (Wildman–Crippen LogP) is 2.85. The molecular formula is C14H27NO. The summed E-state index contributed by atoms with van der Waals surface area (Å²) in [5.74, 6) is 0. The highest BCUT2D eigenvalue weighted by atomic mass is 16.3. The molecule has 0 aromatic carbocycles. The molecule has 2 aliphatic rings. The van der Waals surface area contributed by atoms with Crippen molar-refractivity contribution in [1.29, 1.82) is 0 Å². The second kappa shape index (κ2) is 5.50. The molecule has 16 heavy (non-hydrogen) atoms. The van der Waals surface area contributed by atoms with Gasteiger partial charge < -0.3 is 10.4 Å². The van der Waals surface area contributed by atoms with Gasteiger partial charge in [-0.3, -0.25) is 0 Å². The van der Waals surface area contributed by atoms with Crippen molar-refractivity contribution in [2.24, 2.45) is 5.41 Å². The lowest BCUT2D eigenvalue weighted by Gasteiger charge is -2.34. The highest BCUT2D eigenvalue weighted by Gasteiger charge is 2.33. The molecule has 0 unspecified atom stereocenters. The van der Waals surface area contributed by atoms with Gasteiger partial charge in [-0.25, -0.2) is 0 Å². The Kier molecular flexibility index (Phi) is 4.26. The summed E-state index contributed by atoms with van der Waals surface area (Å²) in [5, 5.41) is 13.6. The maximum absolute atomic E-state index is 9.94. The molecule has 0 saturated heterocycles. The van der Waals surface area contributed by atoms with Gasteiger partial charge in [0.05, 0.1) is 6.10 Å². The number of rotatable bonds is 4. The van der Waals surface area contributed by atoms with Gasteiger partial charge >= 0.3 is 0 Å². The minimum Gasteiger partial charge on any atom is -0.392 e. The van der Waals surface area contributed by atoms with Crippen LogP contribution in [0.4, 0.5) is 0 Å². The van der Waals surface area contributed by atoms with Crippen molar-refractivity contribution in [3.63, 3.8) is 0 Å². The van der Waals surface area contributed by atoms with Crippen molar-refractivity contribution in [3.05, 3.63) is 0 Å². The van der Waals surface area contributed by atoms with Gasteiger partial charge in [0.1, 0.15) is 0 Å². The minimum atomic E-state index is -0.0935. The van der Waals surface area contributed by atoms with Crippen molar-refractivity contribution in [2.45, 2.75) is 76.9 Å². The first-order valence-corrected chi connectivity index (χ1v) is 7.17. The Bertz CT molecular complexity index is 211. The standard InChI is InChI=1S/C14H27NO/c1-2-14(9-5-6-10-14)11-15-12-7-3-4-8-13(12)16/h12-13,15-16H,2-11H2,1H3/t12-,13-/m0/s1. The molecule has 2 aliphatic carbocycles. The molecule has 2 heteroatoms. The molecule has 0 aromatic heterocycles. The second-order valence-electron chi connectivity index (χ2n) is 5.90. The van der Waals surface area contributed by atoms with Crippen molar-refractivity contribution < 1.29 is 5.11 Å². The van der Waals surface area contributed by atoms with Gasteiger partial charge in [0, 0.05) is 12.6 Å². The van der Waals surface area contributed by atoms with E-state index in [1.165, 1.54) is 51.4 Å². The van der Waals surface area contributed by atoms with E-state index in [1.54, 1.807) is 0 Å². The summed E-state index contributed by atoms with van der Waals surface area (Å²) in [6.45, 7) is 3.45. The van der Waals surface area contributed by atoms with Crippen LogP contribution in [0.5, 0.6) is 0 Å². The SMILES string of the molecule is CCC1(CN[C@H]2CCCC[C@@H]2O)CCCC1. The van der Waals surface area contributed by atoms with Crippen LogP contribution in [-0.4, -0.2) is 23.8 Å². The van der Waals surface area contributed by atoms with E-state index in [1.807, 2.05) is 0 Å². The summed E-state index contributed by atoms with van der Waals surface area (Å²) in [6, 6.07) is 0.373. The third-order valence-electron chi connectivity index (χ3n) is 4.88. The molecule has 0 aromatic rings. The second-order valence-corrected chi connectivity index (χ2v) is 5.90. The van der Waals surface area contributed by atoms with Crippen LogP contribution < -0.4 is 5.32 Å². The van der Waals surface area contributed by atoms with Crippen LogP contribution in [0.1, 0.15) is 64.7 Å². The molecule has 0 amide bonds. The first-order chi connectivity index (χ1) is 7.76. The van der Waals surface area contributed by atoms with Crippen LogP contribution in [0.15, 0.2) is 0 Å². The van der Waals surface area contributed by atoms with E-state index in [2.05, 4.69) is 12.2 Å². The Morgan fingerprint density at radius 2 is 1.81 bits per heavy atom. The lowest BCUT2D eigenvalue weighted by Crippen LogP contribution is -2.46. The van der Waals surface area contributed by atoms with Gasteiger partial charge in [0.25, 0.3) is 0 Å². The average Bonchev–Trinajstić information content (AvgIpc) is 2.78. The Morgan fingerprint density at radius 3 is 2.44 bits per heavy atom. The molecular weight excluding hydrogens is 198 g/mol. The lowest BCUT2D eigenvalue weighted by molar-refractivity contribution is 0.0826. The van der Waals surface area contributed by atoms with Crippen LogP contribution >= 0.6 is 0 Å². The first kappa shape index (κ1) is 12.4. The van der Waals surface area contributed by atoms with Crippen LogP contribution in [0.2, 0.25) is 0 Å². The monoisotopic (exact) mass is 225 g/mol.